The average molecular weight is 274 g/mol. The summed E-state index contributed by atoms with van der Waals surface area (Å²) < 4.78 is 0. The summed E-state index contributed by atoms with van der Waals surface area (Å²) in [4.78, 5) is 11.9. The van der Waals surface area contributed by atoms with Crippen molar-refractivity contribution in [3.8, 4) is 0 Å². The van der Waals surface area contributed by atoms with Crippen molar-refractivity contribution in [2.45, 2.75) is 32.2 Å². The first-order valence-electron chi connectivity index (χ1n) is 7.05. The van der Waals surface area contributed by atoms with Crippen LogP contribution >= 0.6 is 0 Å². The maximum Gasteiger partial charge on any atom is 0.319 e. The molecule has 1 aromatic rings. The van der Waals surface area contributed by atoms with E-state index in [9.17, 15) is 4.79 Å². The molecule has 1 aliphatic rings. The summed E-state index contributed by atoms with van der Waals surface area (Å²) >= 11 is 0. The predicted octanol–water partition coefficient (Wildman–Crippen LogP) is 2.87. The van der Waals surface area contributed by atoms with Crippen molar-refractivity contribution >= 4 is 11.7 Å². The van der Waals surface area contributed by atoms with Crippen LogP contribution in [0.3, 0.4) is 0 Å². The van der Waals surface area contributed by atoms with E-state index in [1.54, 1.807) is 0 Å². The molecule has 0 aromatic heterocycles. The van der Waals surface area contributed by atoms with Gasteiger partial charge in [0.1, 0.15) is 0 Å². The fourth-order valence-corrected chi connectivity index (χ4v) is 2.33. The molecule has 1 aliphatic carbocycles. The molecule has 0 unspecified atom stereocenters. The molecule has 108 valence electrons. The van der Waals surface area contributed by atoms with Gasteiger partial charge in [-0.2, -0.15) is 0 Å². The van der Waals surface area contributed by atoms with E-state index in [0.29, 0.717) is 5.92 Å². The number of hydrogen-bond acceptors (Lipinski definition) is 2. The Labute approximate surface area is 119 Å². The number of nitrogens with one attached hydrogen (secondary N) is 2. The second-order valence-corrected chi connectivity index (χ2v) is 5.55. The molecule has 20 heavy (non-hydrogen) atoms. The van der Waals surface area contributed by atoms with Gasteiger partial charge in [-0.1, -0.05) is 38.1 Å². The van der Waals surface area contributed by atoms with E-state index < -0.39 is 0 Å². The standard InChI is InChI=1S/C16H22N2O2/c1-11(2)13-4-3-5-14(9-13)17-16(20)18-15-7-6-12(8-15)10-19/h3-7,9,11-12,15,19H,8,10H2,1-2H3,(H2,17,18,20)/t12-,15+/m0/s1. The highest BCUT2D eigenvalue weighted by Crippen LogP contribution is 2.19. The van der Waals surface area contributed by atoms with Gasteiger partial charge in [0.2, 0.25) is 0 Å². The average Bonchev–Trinajstić information content (AvgIpc) is 2.86. The number of benzene rings is 1. The minimum atomic E-state index is -0.209. The zero-order valence-corrected chi connectivity index (χ0v) is 12.0. The number of carbonyl (C=O) groups excluding carboxylic acids is 1. The predicted molar refractivity (Wildman–Crippen MR) is 80.8 cm³/mol. The van der Waals surface area contributed by atoms with Crippen molar-refractivity contribution in [2.24, 2.45) is 5.92 Å². The van der Waals surface area contributed by atoms with E-state index in [0.717, 1.165) is 12.1 Å². The number of urea groups is 1. The Morgan fingerprint density at radius 2 is 2.20 bits per heavy atom. The van der Waals surface area contributed by atoms with Crippen LogP contribution in [0.1, 0.15) is 31.7 Å². The maximum atomic E-state index is 11.9. The largest absolute Gasteiger partial charge is 0.396 e. The van der Waals surface area contributed by atoms with Crippen molar-refractivity contribution in [3.63, 3.8) is 0 Å². The molecule has 0 heterocycles. The Kier molecular flexibility index (Phi) is 4.79. The van der Waals surface area contributed by atoms with Crippen LogP contribution in [-0.2, 0) is 0 Å². The van der Waals surface area contributed by atoms with Crippen molar-refractivity contribution in [1.29, 1.82) is 0 Å². The van der Waals surface area contributed by atoms with Gasteiger partial charge < -0.3 is 15.7 Å². The third-order valence-electron chi connectivity index (χ3n) is 3.53. The zero-order valence-electron chi connectivity index (χ0n) is 12.0. The van der Waals surface area contributed by atoms with Crippen LogP contribution in [0.2, 0.25) is 0 Å². The molecule has 2 atom stereocenters. The van der Waals surface area contributed by atoms with E-state index >= 15 is 0 Å². The van der Waals surface area contributed by atoms with Crippen LogP contribution in [-0.4, -0.2) is 23.8 Å². The second-order valence-electron chi connectivity index (χ2n) is 5.55. The number of anilines is 1. The molecule has 0 fully saturated rings. The van der Waals surface area contributed by atoms with Gasteiger partial charge in [0.15, 0.2) is 0 Å². The minimum Gasteiger partial charge on any atom is -0.396 e. The first-order chi connectivity index (χ1) is 9.58. The molecule has 0 bridgehead atoms. The number of aliphatic hydroxyl groups excluding tert-OH is 1. The van der Waals surface area contributed by atoms with E-state index in [4.69, 9.17) is 5.11 Å². The minimum absolute atomic E-state index is 0.000399. The molecule has 1 aromatic carbocycles. The van der Waals surface area contributed by atoms with Crippen molar-refractivity contribution in [1.82, 2.24) is 5.32 Å². The molecular weight excluding hydrogens is 252 g/mol. The third-order valence-corrected chi connectivity index (χ3v) is 3.53. The second kappa shape index (κ2) is 6.57. The topological polar surface area (TPSA) is 61.4 Å². The number of aliphatic hydroxyl groups is 1. The molecule has 0 aliphatic heterocycles. The highest BCUT2D eigenvalue weighted by atomic mass is 16.3. The summed E-state index contributed by atoms with van der Waals surface area (Å²) in [5, 5.41) is 14.8. The van der Waals surface area contributed by atoms with Crippen LogP contribution in [0.4, 0.5) is 10.5 Å². The summed E-state index contributed by atoms with van der Waals surface area (Å²) in [6.45, 7) is 4.38. The van der Waals surface area contributed by atoms with Gasteiger partial charge in [-0.25, -0.2) is 4.79 Å². The summed E-state index contributed by atoms with van der Waals surface area (Å²) in [7, 11) is 0. The van der Waals surface area contributed by atoms with Crippen LogP contribution in [0.25, 0.3) is 0 Å². The molecule has 2 rings (SSSR count). The van der Waals surface area contributed by atoms with Gasteiger partial charge in [-0.3, -0.25) is 0 Å². The maximum absolute atomic E-state index is 11.9. The smallest absolute Gasteiger partial charge is 0.319 e. The van der Waals surface area contributed by atoms with Gasteiger partial charge >= 0.3 is 6.03 Å². The normalized spacial score (nSPS) is 21.2. The molecule has 0 saturated heterocycles. The third kappa shape index (κ3) is 3.84. The SMILES string of the molecule is CC(C)c1cccc(NC(=O)N[C@@H]2C=C[C@H](CO)C2)c1. The monoisotopic (exact) mass is 274 g/mol. The molecule has 0 saturated carbocycles. The Morgan fingerprint density at radius 3 is 2.85 bits per heavy atom. The van der Waals surface area contributed by atoms with E-state index in [1.807, 2.05) is 30.4 Å². The van der Waals surface area contributed by atoms with Crippen LogP contribution in [0.15, 0.2) is 36.4 Å². The lowest BCUT2D eigenvalue weighted by Crippen LogP contribution is -2.36. The fraction of sp³-hybridized carbons (Fsp3) is 0.438. The highest BCUT2D eigenvalue weighted by molar-refractivity contribution is 5.89. The molecule has 3 N–H and O–H groups in total. The van der Waals surface area contributed by atoms with Crippen LogP contribution < -0.4 is 10.6 Å². The number of rotatable bonds is 4. The Bertz CT molecular complexity index is 497. The first kappa shape index (κ1) is 14.6. The lowest BCUT2D eigenvalue weighted by molar-refractivity contribution is 0.238. The van der Waals surface area contributed by atoms with Crippen molar-refractivity contribution in [2.75, 3.05) is 11.9 Å². The number of hydrogen-bond donors (Lipinski definition) is 3. The molecule has 0 radical (unpaired) electrons. The highest BCUT2D eigenvalue weighted by Gasteiger charge is 2.19. The van der Waals surface area contributed by atoms with Gasteiger partial charge in [-0.05, 0) is 30.0 Å². The molecule has 4 heteroatoms. The van der Waals surface area contributed by atoms with Crippen molar-refractivity contribution < 1.29 is 9.90 Å². The summed E-state index contributed by atoms with van der Waals surface area (Å²) in [6.07, 6.45) is 4.64. The molecule has 0 spiro atoms. The quantitative estimate of drug-likeness (QED) is 0.739. The first-order valence-corrected chi connectivity index (χ1v) is 7.05. The summed E-state index contributed by atoms with van der Waals surface area (Å²) in [5.74, 6) is 0.590. The fourth-order valence-electron chi connectivity index (χ4n) is 2.33. The zero-order chi connectivity index (χ0) is 14.5. The van der Waals surface area contributed by atoms with E-state index in [-0.39, 0.29) is 24.6 Å². The van der Waals surface area contributed by atoms with Gasteiger partial charge in [-0.15, -0.1) is 0 Å². The molecule has 4 nitrogen and oxygen atoms in total. The van der Waals surface area contributed by atoms with E-state index in [2.05, 4.69) is 30.5 Å². The molecular formula is C16H22N2O2. The van der Waals surface area contributed by atoms with Gasteiger partial charge in [0, 0.05) is 24.3 Å². The molecule has 2 amide bonds. The lowest BCUT2D eigenvalue weighted by Gasteiger charge is -2.14. The Morgan fingerprint density at radius 1 is 1.40 bits per heavy atom. The van der Waals surface area contributed by atoms with Crippen LogP contribution in [0.5, 0.6) is 0 Å². The van der Waals surface area contributed by atoms with E-state index in [1.165, 1.54) is 5.56 Å². The summed E-state index contributed by atoms with van der Waals surface area (Å²) in [6, 6.07) is 7.67. The Hall–Kier alpha value is -1.81. The summed E-state index contributed by atoms with van der Waals surface area (Å²) in [5.41, 5.74) is 2.00. The Balaban J connectivity index is 1.89. The van der Waals surface area contributed by atoms with Crippen molar-refractivity contribution in [3.05, 3.63) is 42.0 Å². The number of carbonyl (C=O) groups is 1. The number of amides is 2. The van der Waals surface area contributed by atoms with Crippen LogP contribution in [0, 0.1) is 5.92 Å². The van der Waals surface area contributed by atoms with Gasteiger partial charge in [0.25, 0.3) is 0 Å². The van der Waals surface area contributed by atoms with Gasteiger partial charge in [0.05, 0.1) is 0 Å². The lowest BCUT2D eigenvalue weighted by atomic mass is 10.0.